The minimum Gasteiger partial charge on any atom is -0.309 e. The lowest BCUT2D eigenvalue weighted by Gasteiger charge is -2.34. The normalized spacial score (nSPS) is 12.0. The SMILES string of the molecule is c1ccc(-c2ccc(N3c4cc5c(cc4-c4cccc6cccc3c46)c3cc(-c4ccccc4)ccc3n5-c3ccc(-c4ccccc4)cc3)cc2)cc1. The van der Waals surface area contributed by atoms with E-state index in [1.54, 1.807) is 0 Å². The van der Waals surface area contributed by atoms with Gasteiger partial charge in [-0.2, -0.15) is 0 Å². The molecule has 0 aliphatic carbocycles. The minimum atomic E-state index is 1.14. The average Bonchev–Trinajstić information content (AvgIpc) is 3.57. The van der Waals surface area contributed by atoms with Gasteiger partial charge < -0.3 is 9.47 Å². The van der Waals surface area contributed by atoms with Crippen LogP contribution in [0, 0.1) is 0 Å². The molecule has 0 unspecified atom stereocenters. The maximum atomic E-state index is 2.47. The fourth-order valence-electron chi connectivity index (χ4n) is 8.55. The third-order valence-corrected chi connectivity index (χ3v) is 11.1. The van der Waals surface area contributed by atoms with Crippen molar-refractivity contribution in [3.63, 3.8) is 0 Å². The number of nitrogens with zero attached hydrogens (tertiary/aromatic N) is 2. The summed E-state index contributed by atoms with van der Waals surface area (Å²) in [4.78, 5) is 2.47. The monoisotopic (exact) mass is 686 g/mol. The fraction of sp³-hybridized carbons (Fsp3) is 0. The van der Waals surface area contributed by atoms with E-state index in [0.29, 0.717) is 0 Å². The molecule has 54 heavy (non-hydrogen) atoms. The van der Waals surface area contributed by atoms with E-state index in [9.17, 15) is 0 Å². The van der Waals surface area contributed by atoms with Crippen molar-refractivity contribution in [2.45, 2.75) is 0 Å². The first-order valence-electron chi connectivity index (χ1n) is 18.6. The molecule has 0 amide bonds. The number of benzene rings is 9. The van der Waals surface area contributed by atoms with Crippen LogP contribution in [0.1, 0.15) is 0 Å². The molecule has 11 rings (SSSR count). The van der Waals surface area contributed by atoms with Crippen molar-refractivity contribution in [3.8, 4) is 50.2 Å². The van der Waals surface area contributed by atoms with E-state index in [1.807, 2.05) is 0 Å². The number of hydrogen-bond donors (Lipinski definition) is 0. The van der Waals surface area contributed by atoms with Gasteiger partial charge >= 0.3 is 0 Å². The summed E-state index contributed by atoms with van der Waals surface area (Å²) < 4.78 is 2.45. The standard InChI is InChI=1S/C52H34N2/c1-4-12-35(13-5-1)38-22-27-42(28-23-38)53-48-31-26-41(37-16-8-3-9-17-37)32-45(48)47-33-46-44-20-10-18-40-19-11-21-49(52(40)44)54(50(46)34-51(47)53)43-29-24-39(25-30-43)36-14-6-2-7-15-36/h1-34H. The van der Waals surface area contributed by atoms with Gasteiger partial charge in [0.1, 0.15) is 0 Å². The van der Waals surface area contributed by atoms with Gasteiger partial charge in [-0.3, -0.25) is 0 Å². The smallest absolute Gasteiger partial charge is 0.0562 e. The molecule has 0 radical (unpaired) electrons. The van der Waals surface area contributed by atoms with Crippen molar-refractivity contribution < 1.29 is 0 Å². The van der Waals surface area contributed by atoms with Crippen LogP contribution in [-0.4, -0.2) is 4.57 Å². The van der Waals surface area contributed by atoms with Crippen LogP contribution in [0.25, 0.3) is 82.8 Å². The number of aromatic nitrogens is 1. The Morgan fingerprint density at radius 2 is 0.815 bits per heavy atom. The van der Waals surface area contributed by atoms with Crippen LogP contribution in [0.3, 0.4) is 0 Å². The molecular weight excluding hydrogens is 653 g/mol. The first kappa shape index (κ1) is 30.5. The maximum absolute atomic E-state index is 2.47. The first-order valence-corrected chi connectivity index (χ1v) is 18.6. The zero-order valence-electron chi connectivity index (χ0n) is 29.5. The quantitative estimate of drug-likeness (QED) is 0.175. The van der Waals surface area contributed by atoms with E-state index in [-0.39, 0.29) is 0 Å². The van der Waals surface area contributed by atoms with Crippen molar-refractivity contribution in [1.29, 1.82) is 0 Å². The summed E-state index contributed by atoms with van der Waals surface area (Å²) in [5, 5.41) is 5.01. The first-order chi connectivity index (χ1) is 26.8. The highest BCUT2D eigenvalue weighted by atomic mass is 15.2. The Bertz CT molecular complexity index is 2990. The highest BCUT2D eigenvalue weighted by molar-refractivity contribution is 6.19. The van der Waals surface area contributed by atoms with Gasteiger partial charge in [-0.25, -0.2) is 0 Å². The summed E-state index contributed by atoms with van der Waals surface area (Å²) in [7, 11) is 0. The maximum Gasteiger partial charge on any atom is 0.0562 e. The lowest BCUT2D eigenvalue weighted by atomic mass is 9.89. The highest BCUT2D eigenvalue weighted by Crippen LogP contribution is 2.53. The molecule has 0 bridgehead atoms. The summed E-state index contributed by atoms with van der Waals surface area (Å²) in [6, 6.07) is 75.3. The molecule has 1 aliphatic heterocycles. The fourth-order valence-corrected chi connectivity index (χ4v) is 8.55. The van der Waals surface area contributed by atoms with Crippen LogP contribution in [0.4, 0.5) is 17.1 Å². The molecule has 9 aromatic carbocycles. The van der Waals surface area contributed by atoms with Crippen LogP contribution in [0.5, 0.6) is 0 Å². The number of hydrogen-bond acceptors (Lipinski definition) is 1. The molecule has 0 atom stereocenters. The highest BCUT2D eigenvalue weighted by Gasteiger charge is 2.28. The summed E-state index contributed by atoms with van der Waals surface area (Å²) in [5.41, 5.74) is 16.8. The average molecular weight is 687 g/mol. The van der Waals surface area contributed by atoms with Crippen LogP contribution in [0.15, 0.2) is 206 Å². The van der Waals surface area contributed by atoms with Gasteiger partial charge in [0.2, 0.25) is 0 Å². The minimum absolute atomic E-state index is 1.14. The lowest BCUT2D eigenvalue weighted by Crippen LogP contribution is -2.15. The van der Waals surface area contributed by atoms with Crippen molar-refractivity contribution in [3.05, 3.63) is 206 Å². The third kappa shape index (κ3) is 4.81. The van der Waals surface area contributed by atoms with Gasteiger partial charge in [0.15, 0.2) is 0 Å². The molecule has 1 aliphatic rings. The Labute approximate surface area is 314 Å². The second kappa shape index (κ2) is 12.2. The molecule has 2 nitrogen and oxygen atoms in total. The number of anilines is 3. The Balaban J connectivity index is 1.18. The van der Waals surface area contributed by atoms with Crippen LogP contribution in [-0.2, 0) is 0 Å². The van der Waals surface area contributed by atoms with E-state index in [1.165, 1.54) is 88.5 Å². The Morgan fingerprint density at radius 1 is 0.296 bits per heavy atom. The molecule has 2 heterocycles. The second-order valence-electron chi connectivity index (χ2n) is 14.2. The van der Waals surface area contributed by atoms with Gasteiger partial charge in [-0.15, -0.1) is 0 Å². The molecule has 0 saturated carbocycles. The van der Waals surface area contributed by atoms with E-state index in [2.05, 4.69) is 216 Å². The van der Waals surface area contributed by atoms with Crippen molar-refractivity contribution in [2.24, 2.45) is 0 Å². The zero-order valence-corrected chi connectivity index (χ0v) is 29.5. The Morgan fingerprint density at radius 3 is 1.44 bits per heavy atom. The Hall–Kier alpha value is -7.16. The number of rotatable bonds is 5. The van der Waals surface area contributed by atoms with Crippen molar-refractivity contribution in [1.82, 2.24) is 4.57 Å². The van der Waals surface area contributed by atoms with Crippen molar-refractivity contribution in [2.75, 3.05) is 4.90 Å². The van der Waals surface area contributed by atoms with E-state index in [0.717, 1.165) is 11.4 Å². The predicted octanol–water partition coefficient (Wildman–Crippen LogP) is 14.4. The van der Waals surface area contributed by atoms with Crippen LogP contribution < -0.4 is 4.90 Å². The molecule has 0 spiro atoms. The molecule has 0 saturated heterocycles. The van der Waals surface area contributed by atoms with E-state index >= 15 is 0 Å². The topological polar surface area (TPSA) is 8.17 Å². The molecular formula is C52H34N2. The second-order valence-corrected chi connectivity index (χ2v) is 14.2. The van der Waals surface area contributed by atoms with Crippen LogP contribution >= 0.6 is 0 Å². The van der Waals surface area contributed by atoms with Gasteiger partial charge in [0, 0.05) is 33.1 Å². The van der Waals surface area contributed by atoms with Crippen molar-refractivity contribution >= 4 is 49.6 Å². The van der Waals surface area contributed by atoms with E-state index < -0.39 is 0 Å². The molecule has 252 valence electrons. The molecule has 0 fully saturated rings. The van der Waals surface area contributed by atoms with E-state index in [4.69, 9.17) is 0 Å². The van der Waals surface area contributed by atoms with Gasteiger partial charge in [0.05, 0.1) is 22.4 Å². The Kier molecular flexibility index (Phi) is 6.90. The molecule has 10 aromatic rings. The largest absolute Gasteiger partial charge is 0.309 e. The molecule has 1 aromatic heterocycles. The van der Waals surface area contributed by atoms with Gasteiger partial charge in [-0.1, -0.05) is 152 Å². The lowest BCUT2D eigenvalue weighted by molar-refractivity contribution is 1.18. The third-order valence-electron chi connectivity index (χ3n) is 11.1. The summed E-state index contributed by atoms with van der Waals surface area (Å²) >= 11 is 0. The van der Waals surface area contributed by atoms with Crippen LogP contribution in [0.2, 0.25) is 0 Å². The predicted molar refractivity (Wildman–Crippen MR) is 228 cm³/mol. The number of fused-ring (bicyclic) bond motifs is 5. The van der Waals surface area contributed by atoms with Gasteiger partial charge in [-0.05, 0) is 98.9 Å². The zero-order chi connectivity index (χ0) is 35.6. The molecule has 0 N–H and O–H groups in total. The molecule has 2 heteroatoms. The summed E-state index contributed by atoms with van der Waals surface area (Å²) in [6.07, 6.45) is 0. The van der Waals surface area contributed by atoms with Gasteiger partial charge in [0.25, 0.3) is 0 Å². The summed E-state index contributed by atoms with van der Waals surface area (Å²) in [6.45, 7) is 0. The summed E-state index contributed by atoms with van der Waals surface area (Å²) in [5.74, 6) is 0.